The molecule has 6 nitrogen and oxygen atoms in total. The summed E-state index contributed by atoms with van der Waals surface area (Å²) in [4.78, 5) is 25.7. The summed E-state index contributed by atoms with van der Waals surface area (Å²) in [5.41, 5.74) is 8.67. The Labute approximate surface area is 162 Å². The van der Waals surface area contributed by atoms with Gasteiger partial charge in [0.1, 0.15) is 5.82 Å². The number of halogens is 2. The third-order valence-electron chi connectivity index (χ3n) is 5.65. The summed E-state index contributed by atoms with van der Waals surface area (Å²) in [5, 5.41) is 0. The number of hydrogen-bond donors (Lipinski definition) is 1. The lowest BCUT2D eigenvalue weighted by Crippen LogP contribution is -2.38. The summed E-state index contributed by atoms with van der Waals surface area (Å²) in [5.74, 6) is -1.11. The predicted octanol–water partition coefficient (Wildman–Crippen LogP) is 2.11. The molecule has 1 aromatic heterocycles. The zero-order chi connectivity index (χ0) is 20.0. The highest BCUT2D eigenvalue weighted by atomic mass is 19.2. The van der Waals surface area contributed by atoms with E-state index in [-0.39, 0.29) is 30.7 Å². The highest BCUT2D eigenvalue weighted by Crippen LogP contribution is 2.26. The number of carbonyl (C=O) groups is 1. The van der Waals surface area contributed by atoms with Crippen LogP contribution in [0.2, 0.25) is 0 Å². The summed E-state index contributed by atoms with van der Waals surface area (Å²) < 4.78 is 27.4. The molecule has 0 unspecified atom stereocenters. The molecule has 2 aliphatic heterocycles. The molecule has 2 N–H and O–H groups in total. The van der Waals surface area contributed by atoms with Gasteiger partial charge in [-0.15, -0.1) is 0 Å². The lowest BCUT2D eigenvalue weighted by Gasteiger charge is -2.29. The van der Waals surface area contributed by atoms with Gasteiger partial charge in [-0.25, -0.2) is 18.7 Å². The van der Waals surface area contributed by atoms with E-state index in [0.717, 1.165) is 36.1 Å². The first-order valence-corrected chi connectivity index (χ1v) is 9.46. The number of nitrogens with zero attached hydrogens (tertiary/aromatic N) is 4. The van der Waals surface area contributed by atoms with Crippen molar-refractivity contribution in [2.75, 3.05) is 24.5 Å². The van der Waals surface area contributed by atoms with Gasteiger partial charge in [0.2, 0.25) is 5.82 Å². The van der Waals surface area contributed by atoms with E-state index >= 15 is 0 Å². The second-order valence-electron chi connectivity index (χ2n) is 7.55. The molecule has 0 spiro atoms. The van der Waals surface area contributed by atoms with Crippen molar-refractivity contribution < 1.29 is 13.6 Å². The second kappa shape index (κ2) is 7.09. The molecule has 3 heterocycles. The Morgan fingerprint density at radius 3 is 2.71 bits per heavy atom. The molecule has 4 rings (SSSR count). The molecule has 28 heavy (non-hydrogen) atoms. The fraction of sp³-hybridized carbons (Fsp3) is 0.450. The number of amides is 1. The first-order chi connectivity index (χ1) is 13.3. The number of aromatic nitrogens is 2. The Hall–Kier alpha value is -2.61. The minimum absolute atomic E-state index is 0.0997. The third-order valence-corrected chi connectivity index (χ3v) is 5.65. The lowest BCUT2D eigenvalue weighted by molar-refractivity contribution is 0.0720. The summed E-state index contributed by atoms with van der Waals surface area (Å²) in [6.45, 7) is 5.81. The van der Waals surface area contributed by atoms with Crippen LogP contribution < -0.4 is 10.6 Å². The number of aryl methyl sites for hydroxylation is 1. The molecule has 2 aromatic rings. The van der Waals surface area contributed by atoms with Crippen LogP contribution in [0.3, 0.4) is 0 Å². The third kappa shape index (κ3) is 3.22. The minimum Gasteiger partial charge on any atom is -0.355 e. The van der Waals surface area contributed by atoms with E-state index in [1.807, 2.05) is 13.8 Å². The van der Waals surface area contributed by atoms with Crippen molar-refractivity contribution in [2.24, 2.45) is 5.73 Å². The van der Waals surface area contributed by atoms with Crippen LogP contribution in [-0.2, 0) is 13.0 Å². The molecule has 0 saturated carbocycles. The van der Waals surface area contributed by atoms with Gasteiger partial charge in [-0.3, -0.25) is 4.79 Å². The fourth-order valence-corrected chi connectivity index (χ4v) is 3.89. The average Bonchev–Trinajstić information content (AvgIpc) is 3.12. The lowest BCUT2D eigenvalue weighted by atomic mass is 9.99. The Morgan fingerprint density at radius 2 is 2.00 bits per heavy atom. The molecule has 1 amide bonds. The first kappa shape index (κ1) is 18.7. The Bertz CT molecular complexity index is 949. The Balaban J connectivity index is 1.61. The number of benzene rings is 1. The molecule has 1 aromatic carbocycles. The fourth-order valence-electron chi connectivity index (χ4n) is 3.89. The maximum Gasteiger partial charge on any atom is 0.292 e. The predicted molar refractivity (Wildman–Crippen MR) is 101 cm³/mol. The van der Waals surface area contributed by atoms with Crippen molar-refractivity contribution in [1.82, 2.24) is 14.9 Å². The van der Waals surface area contributed by atoms with Crippen molar-refractivity contribution in [3.05, 3.63) is 52.0 Å². The zero-order valence-corrected chi connectivity index (χ0v) is 16.0. The molecule has 8 heteroatoms. The molecule has 0 bridgehead atoms. The molecular formula is C20H23F2N5O. The highest BCUT2D eigenvalue weighted by molar-refractivity contribution is 5.91. The number of rotatable bonds is 2. The number of hydrogen-bond acceptors (Lipinski definition) is 5. The van der Waals surface area contributed by atoms with Crippen LogP contribution in [0.5, 0.6) is 0 Å². The standard InChI is InChI=1S/C20H23F2N5O/c1-11-12(2)24-18(25-19(11)26-7-5-14(23)10-26)20(28)27-8-6-15-13(9-27)3-4-16(21)17(15)22/h3-4,14H,5-10,23H2,1-2H3/t14-/m1/s1. The maximum absolute atomic E-state index is 14.0. The number of carbonyl (C=O) groups excluding carboxylic acids is 1. The largest absolute Gasteiger partial charge is 0.355 e. The molecule has 1 saturated heterocycles. The SMILES string of the molecule is Cc1nc(C(=O)N2CCc3c(ccc(F)c3F)C2)nc(N2CC[C@@H](N)C2)c1C. The van der Waals surface area contributed by atoms with Gasteiger partial charge in [-0.05, 0) is 43.9 Å². The molecule has 0 radical (unpaired) electrons. The van der Waals surface area contributed by atoms with Gasteiger partial charge < -0.3 is 15.5 Å². The summed E-state index contributed by atoms with van der Waals surface area (Å²) in [7, 11) is 0. The van der Waals surface area contributed by atoms with Gasteiger partial charge in [0.25, 0.3) is 5.91 Å². The minimum atomic E-state index is -0.857. The molecule has 1 fully saturated rings. The monoisotopic (exact) mass is 387 g/mol. The topological polar surface area (TPSA) is 75.4 Å². The molecule has 0 aliphatic carbocycles. The van der Waals surface area contributed by atoms with Crippen LogP contribution in [0, 0.1) is 25.5 Å². The van der Waals surface area contributed by atoms with E-state index in [2.05, 4.69) is 14.9 Å². The zero-order valence-electron chi connectivity index (χ0n) is 16.0. The van der Waals surface area contributed by atoms with E-state index < -0.39 is 11.6 Å². The average molecular weight is 387 g/mol. The van der Waals surface area contributed by atoms with Crippen LogP contribution in [0.1, 0.15) is 39.4 Å². The van der Waals surface area contributed by atoms with Crippen LogP contribution in [0.4, 0.5) is 14.6 Å². The van der Waals surface area contributed by atoms with E-state index in [1.165, 1.54) is 6.07 Å². The quantitative estimate of drug-likeness (QED) is 0.854. The molecule has 2 aliphatic rings. The Kier molecular flexibility index (Phi) is 4.74. The smallest absolute Gasteiger partial charge is 0.292 e. The Morgan fingerprint density at radius 1 is 1.21 bits per heavy atom. The van der Waals surface area contributed by atoms with E-state index in [1.54, 1.807) is 4.90 Å². The van der Waals surface area contributed by atoms with Crippen molar-refractivity contribution in [2.45, 2.75) is 39.3 Å². The van der Waals surface area contributed by atoms with Crippen molar-refractivity contribution in [3.63, 3.8) is 0 Å². The van der Waals surface area contributed by atoms with Gasteiger partial charge in [-0.2, -0.15) is 0 Å². The van der Waals surface area contributed by atoms with E-state index in [0.29, 0.717) is 24.2 Å². The number of fused-ring (bicyclic) bond motifs is 1. The van der Waals surface area contributed by atoms with E-state index in [4.69, 9.17) is 5.73 Å². The summed E-state index contributed by atoms with van der Waals surface area (Å²) >= 11 is 0. The first-order valence-electron chi connectivity index (χ1n) is 9.46. The normalized spacial score (nSPS) is 19.1. The van der Waals surface area contributed by atoms with Crippen LogP contribution in [-0.4, -0.2) is 46.5 Å². The molecule has 148 valence electrons. The van der Waals surface area contributed by atoms with Crippen LogP contribution in [0.15, 0.2) is 12.1 Å². The molecule has 1 atom stereocenters. The van der Waals surface area contributed by atoms with Crippen molar-refractivity contribution in [1.29, 1.82) is 0 Å². The van der Waals surface area contributed by atoms with Crippen molar-refractivity contribution >= 4 is 11.7 Å². The number of nitrogens with two attached hydrogens (primary N) is 1. The summed E-state index contributed by atoms with van der Waals surface area (Å²) in [6, 6.07) is 2.73. The van der Waals surface area contributed by atoms with Crippen LogP contribution in [0.25, 0.3) is 0 Å². The van der Waals surface area contributed by atoms with Gasteiger partial charge in [0.15, 0.2) is 11.6 Å². The van der Waals surface area contributed by atoms with E-state index in [9.17, 15) is 13.6 Å². The number of anilines is 1. The molecular weight excluding hydrogens is 364 g/mol. The van der Waals surface area contributed by atoms with Gasteiger partial charge in [0.05, 0.1) is 0 Å². The maximum atomic E-state index is 14.0. The summed E-state index contributed by atoms with van der Waals surface area (Å²) in [6.07, 6.45) is 1.15. The highest BCUT2D eigenvalue weighted by Gasteiger charge is 2.29. The van der Waals surface area contributed by atoms with Gasteiger partial charge in [-0.1, -0.05) is 6.07 Å². The van der Waals surface area contributed by atoms with Crippen molar-refractivity contribution in [3.8, 4) is 0 Å². The second-order valence-corrected chi connectivity index (χ2v) is 7.55. The van der Waals surface area contributed by atoms with Gasteiger partial charge in [0, 0.05) is 43.5 Å². The van der Waals surface area contributed by atoms with Crippen LogP contribution >= 0.6 is 0 Å². The van der Waals surface area contributed by atoms with Gasteiger partial charge >= 0.3 is 0 Å².